The van der Waals surface area contributed by atoms with Crippen LogP contribution in [0.1, 0.15) is 12.5 Å². The second-order valence-electron chi connectivity index (χ2n) is 4.45. The quantitative estimate of drug-likeness (QED) is 0.520. The van der Waals surface area contributed by atoms with Gasteiger partial charge in [-0.2, -0.15) is 0 Å². The molecule has 3 nitrogen and oxygen atoms in total. The molecule has 0 saturated heterocycles. The first-order valence-electron chi connectivity index (χ1n) is 6.27. The van der Waals surface area contributed by atoms with Crippen LogP contribution in [0.15, 0.2) is 60.4 Å². The van der Waals surface area contributed by atoms with Gasteiger partial charge in [0.05, 0.1) is 7.11 Å². The third-order valence-electron chi connectivity index (χ3n) is 3.12. The Balaban J connectivity index is 2.35. The van der Waals surface area contributed by atoms with Gasteiger partial charge in [0.25, 0.3) is 0 Å². The van der Waals surface area contributed by atoms with E-state index in [9.17, 15) is 4.79 Å². The molecule has 0 aromatic heterocycles. The van der Waals surface area contributed by atoms with Crippen molar-refractivity contribution in [3.05, 3.63) is 65.9 Å². The maximum absolute atomic E-state index is 10.8. The van der Waals surface area contributed by atoms with Crippen molar-refractivity contribution in [2.75, 3.05) is 7.11 Å². The fraction of sp³-hybridized carbons (Fsp3) is 0.118. The molecule has 0 bridgehead atoms. The number of hydrogen-bond donors (Lipinski definition) is 1. The van der Waals surface area contributed by atoms with Crippen molar-refractivity contribution in [2.24, 2.45) is 0 Å². The lowest BCUT2D eigenvalue weighted by Crippen LogP contribution is -2.01. The van der Waals surface area contributed by atoms with Crippen molar-refractivity contribution in [3.8, 4) is 0 Å². The molecule has 0 aliphatic rings. The molecule has 0 aliphatic heterocycles. The molecular weight excluding hydrogens is 252 g/mol. The number of carbonyl (C=O) groups is 1. The molecule has 2 rings (SSSR count). The molecule has 0 fully saturated rings. The van der Waals surface area contributed by atoms with E-state index in [1.54, 1.807) is 6.08 Å². The Morgan fingerprint density at radius 2 is 1.80 bits per heavy atom. The highest BCUT2D eigenvalue weighted by molar-refractivity contribution is 5.87. The van der Waals surface area contributed by atoms with E-state index < -0.39 is 5.97 Å². The molecule has 0 atom stereocenters. The minimum atomic E-state index is -1.07. The highest BCUT2D eigenvalue weighted by Gasteiger charge is 2.04. The molecule has 3 heteroatoms. The summed E-state index contributed by atoms with van der Waals surface area (Å²) >= 11 is 0. The molecule has 0 saturated carbocycles. The van der Waals surface area contributed by atoms with E-state index >= 15 is 0 Å². The van der Waals surface area contributed by atoms with Gasteiger partial charge in [-0.3, -0.25) is 0 Å². The van der Waals surface area contributed by atoms with Crippen molar-refractivity contribution in [1.29, 1.82) is 0 Å². The fourth-order valence-electron chi connectivity index (χ4n) is 1.96. The number of hydrogen-bond acceptors (Lipinski definition) is 2. The Morgan fingerprint density at radius 3 is 2.45 bits per heavy atom. The van der Waals surface area contributed by atoms with Crippen LogP contribution in [0.5, 0.6) is 0 Å². The van der Waals surface area contributed by atoms with Crippen LogP contribution in [0.25, 0.3) is 16.3 Å². The predicted octanol–water partition coefficient (Wildman–Crippen LogP) is 3.86. The van der Waals surface area contributed by atoms with Crippen molar-refractivity contribution < 1.29 is 14.6 Å². The Morgan fingerprint density at radius 1 is 1.10 bits per heavy atom. The highest BCUT2D eigenvalue weighted by atomic mass is 16.5. The second-order valence-corrected chi connectivity index (χ2v) is 4.45. The molecule has 2 aromatic rings. The van der Waals surface area contributed by atoms with Crippen LogP contribution in [-0.4, -0.2) is 18.2 Å². The Bertz CT molecular complexity index is 696. The van der Waals surface area contributed by atoms with Crippen LogP contribution in [0.2, 0.25) is 0 Å². The molecule has 0 amide bonds. The van der Waals surface area contributed by atoms with Gasteiger partial charge in [-0.1, -0.05) is 42.5 Å². The smallest absolute Gasteiger partial charge is 0.371 e. The van der Waals surface area contributed by atoms with E-state index in [1.165, 1.54) is 18.6 Å². The van der Waals surface area contributed by atoms with Crippen LogP contribution >= 0.6 is 0 Å². The lowest BCUT2D eigenvalue weighted by molar-refractivity contribution is -0.136. The van der Waals surface area contributed by atoms with E-state index in [-0.39, 0.29) is 5.76 Å². The zero-order valence-corrected chi connectivity index (χ0v) is 11.5. The lowest BCUT2D eigenvalue weighted by atomic mass is 10.0. The zero-order valence-electron chi connectivity index (χ0n) is 11.5. The van der Waals surface area contributed by atoms with Gasteiger partial charge < -0.3 is 9.84 Å². The predicted molar refractivity (Wildman–Crippen MR) is 80.3 cm³/mol. The average Bonchev–Trinajstić information content (AvgIpc) is 2.46. The largest absolute Gasteiger partial charge is 0.490 e. The number of ether oxygens (including phenoxy) is 1. The summed E-state index contributed by atoms with van der Waals surface area (Å²) in [6.45, 7) is 1.94. The maximum Gasteiger partial charge on any atom is 0.371 e. The van der Waals surface area contributed by atoms with Crippen LogP contribution in [-0.2, 0) is 9.53 Å². The van der Waals surface area contributed by atoms with E-state index in [0.717, 1.165) is 16.5 Å². The van der Waals surface area contributed by atoms with E-state index in [0.29, 0.717) is 0 Å². The molecule has 0 unspecified atom stereocenters. The Kier molecular flexibility index (Phi) is 4.20. The number of rotatable bonds is 4. The van der Waals surface area contributed by atoms with E-state index in [4.69, 9.17) is 9.84 Å². The minimum absolute atomic E-state index is 0.0786. The average molecular weight is 268 g/mol. The van der Waals surface area contributed by atoms with Gasteiger partial charge in [-0.15, -0.1) is 0 Å². The summed E-state index contributed by atoms with van der Waals surface area (Å²) < 4.78 is 4.79. The molecule has 0 spiro atoms. The van der Waals surface area contributed by atoms with Gasteiger partial charge in [0.1, 0.15) is 0 Å². The Labute approximate surface area is 117 Å². The highest BCUT2D eigenvalue weighted by Crippen LogP contribution is 2.21. The molecular formula is C17H16O3. The maximum atomic E-state index is 10.8. The molecule has 1 N–H and O–H groups in total. The van der Waals surface area contributed by atoms with Crippen molar-refractivity contribution in [3.63, 3.8) is 0 Å². The second kappa shape index (κ2) is 6.06. The molecule has 0 aliphatic carbocycles. The summed E-state index contributed by atoms with van der Waals surface area (Å²) in [5, 5.41) is 11.2. The number of carboxylic acids is 1. The van der Waals surface area contributed by atoms with Gasteiger partial charge in [-0.05, 0) is 41.0 Å². The van der Waals surface area contributed by atoms with Crippen LogP contribution < -0.4 is 0 Å². The first-order valence-corrected chi connectivity index (χ1v) is 6.27. The summed E-state index contributed by atoms with van der Waals surface area (Å²) in [6.07, 6.45) is 3.21. The molecule has 102 valence electrons. The summed E-state index contributed by atoms with van der Waals surface area (Å²) in [4.78, 5) is 10.8. The number of benzene rings is 2. The molecule has 2 aromatic carbocycles. The molecule has 20 heavy (non-hydrogen) atoms. The molecule has 0 heterocycles. The molecule has 0 radical (unpaired) electrons. The number of fused-ring (bicyclic) bond motifs is 1. The summed E-state index contributed by atoms with van der Waals surface area (Å²) in [5.74, 6) is -1.15. The lowest BCUT2D eigenvalue weighted by Gasteiger charge is -2.04. The van der Waals surface area contributed by atoms with Gasteiger partial charge in [0.15, 0.2) is 0 Å². The minimum Gasteiger partial charge on any atom is -0.490 e. The van der Waals surface area contributed by atoms with Crippen LogP contribution in [0, 0.1) is 0 Å². The van der Waals surface area contributed by atoms with Crippen molar-refractivity contribution >= 4 is 22.3 Å². The number of aliphatic carboxylic acids is 1. The zero-order chi connectivity index (χ0) is 14.5. The number of carboxylic acid groups (broad SMARTS) is 1. The first kappa shape index (κ1) is 13.9. The van der Waals surface area contributed by atoms with Gasteiger partial charge in [-0.25, -0.2) is 4.79 Å². The standard InChI is InChI=1S/C17H16O3/c1-12(7-10-16(20-2)17(18)19)14-9-8-13-5-3-4-6-15(13)11-14/h3-11H,1-2H3,(H,18,19). The van der Waals surface area contributed by atoms with Crippen LogP contribution in [0.4, 0.5) is 0 Å². The third kappa shape index (κ3) is 3.06. The SMILES string of the molecule is COC(=CC=C(C)c1ccc2ccccc2c1)C(=O)O. The topological polar surface area (TPSA) is 46.5 Å². The summed E-state index contributed by atoms with van der Waals surface area (Å²) in [5.41, 5.74) is 2.03. The van der Waals surface area contributed by atoms with Gasteiger partial charge >= 0.3 is 5.97 Å². The third-order valence-corrected chi connectivity index (χ3v) is 3.12. The summed E-state index contributed by atoms with van der Waals surface area (Å²) in [6, 6.07) is 14.3. The number of allylic oxidation sites excluding steroid dienone is 3. The summed E-state index contributed by atoms with van der Waals surface area (Å²) in [7, 11) is 1.35. The number of methoxy groups -OCH3 is 1. The first-order chi connectivity index (χ1) is 9.61. The Hall–Kier alpha value is -2.55. The van der Waals surface area contributed by atoms with E-state index in [2.05, 4.69) is 24.3 Å². The normalized spacial score (nSPS) is 12.5. The van der Waals surface area contributed by atoms with Gasteiger partial charge in [0, 0.05) is 0 Å². The van der Waals surface area contributed by atoms with Gasteiger partial charge in [0.2, 0.25) is 5.76 Å². The van der Waals surface area contributed by atoms with Crippen LogP contribution in [0.3, 0.4) is 0 Å². The fourth-order valence-corrected chi connectivity index (χ4v) is 1.96. The van der Waals surface area contributed by atoms with Crippen molar-refractivity contribution in [1.82, 2.24) is 0 Å². The van der Waals surface area contributed by atoms with Crippen molar-refractivity contribution in [2.45, 2.75) is 6.92 Å². The van der Waals surface area contributed by atoms with E-state index in [1.807, 2.05) is 25.1 Å². The monoisotopic (exact) mass is 268 g/mol.